The molecule has 0 unspecified atom stereocenters. The van der Waals surface area contributed by atoms with Crippen molar-refractivity contribution >= 4 is 23.2 Å². The second-order valence-corrected chi connectivity index (χ2v) is 4.71. The summed E-state index contributed by atoms with van der Waals surface area (Å²) in [4.78, 5) is 23.0. The molecule has 1 aromatic carbocycles. The molecule has 0 spiro atoms. The molecule has 19 heavy (non-hydrogen) atoms. The standard InChI is InChI=1S/C14H18N2O3/c1-9(17)15-11-6-7-13(19-2)12(8-11)16-14(18)10-4-3-5-10/h6-8,10H,3-5H2,1-2H3,(H,15,17)(H,16,18). The molecular formula is C14H18N2O3. The maximum atomic E-state index is 11.9. The fourth-order valence-electron chi connectivity index (χ4n) is 1.99. The van der Waals surface area contributed by atoms with Crippen molar-refractivity contribution in [2.45, 2.75) is 26.2 Å². The van der Waals surface area contributed by atoms with Gasteiger partial charge in [0.05, 0.1) is 12.8 Å². The lowest BCUT2D eigenvalue weighted by molar-refractivity contribution is -0.122. The Morgan fingerprint density at radius 3 is 2.53 bits per heavy atom. The molecule has 0 radical (unpaired) electrons. The van der Waals surface area contributed by atoms with Crippen LogP contribution in [-0.2, 0) is 9.59 Å². The molecule has 0 atom stereocenters. The number of amides is 2. The highest BCUT2D eigenvalue weighted by Crippen LogP contribution is 2.31. The molecule has 0 aliphatic heterocycles. The van der Waals surface area contributed by atoms with Gasteiger partial charge in [-0.25, -0.2) is 0 Å². The van der Waals surface area contributed by atoms with E-state index in [2.05, 4.69) is 10.6 Å². The van der Waals surface area contributed by atoms with Gasteiger partial charge in [-0.05, 0) is 31.0 Å². The Hall–Kier alpha value is -2.04. The number of benzene rings is 1. The third-order valence-electron chi connectivity index (χ3n) is 3.25. The van der Waals surface area contributed by atoms with Gasteiger partial charge in [-0.3, -0.25) is 9.59 Å². The van der Waals surface area contributed by atoms with Gasteiger partial charge in [0.25, 0.3) is 0 Å². The van der Waals surface area contributed by atoms with Crippen LogP contribution in [0.1, 0.15) is 26.2 Å². The van der Waals surface area contributed by atoms with Crippen LogP contribution in [0.3, 0.4) is 0 Å². The average Bonchev–Trinajstić information content (AvgIpc) is 2.26. The van der Waals surface area contributed by atoms with Gasteiger partial charge in [-0.1, -0.05) is 6.42 Å². The molecule has 5 heteroatoms. The zero-order valence-corrected chi connectivity index (χ0v) is 11.2. The summed E-state index contributed by atoms with van der Waals surface area (Å²) < 4.78 is 5.21. The van der Waals surface area contributed by atoms with Crippen LogP contribution in [0.15, 0.2) is 18.2 Å². The van der Waals surface area contributed by atoms with Crippen LogP contribution in [0.5, 0.6) is 5.75 Å². The second kappa shape index (κ2) is 5.73. The number of anilines is 2. The molecule has 102 valence electrons. The Kier molecular flexibility index (Phi) is 4.04. The van der Waals surface area contributed by atoms with E-state index in [-0.39, 0.29) is 17.7 Å². The number of ether oxygens (including phenoxy) is 1. The second-order valence-electron chi connectivity index (χ2n) is 4.71. The lowest BCUT2D eigenvalue weighted by Crippen LogP contribution is -2.28. The van der Waals surface area contributed by atoms with Crippen molar-refractivity contribution in [3.8, 4) is 5.75 Å². The summed E-state index contributed by atoms with van der Waals surface area (Å²) in [5.74, 6) is 0.557. The first kappa shape index (κ1) is 13.4. The van der Waals surface area contributed by atoms with Gasteiger partial charge in [0.2, 0.25) is 11.8 Å². The fraction of sp³-hybridized carbons (Fsp3) is 0.429. The van der Waals surface area contributed by atoms with Crippen molar-refractivity contribution in [3.63, 3.8) is 0 Å². The van der Waals surface area contributed by atoms with Crippen molar-refractivity contribution in [2.24, 2.45) is 5.92 Å². The number of hydrogen-bond acceptors (Lipinski definition) is 3. The number of carbonyl (C=O) groups is 2. The molecular weight excluding hydrogens is 244 g/mol. The quantitative estimate of drug-likeness (QED) is 0.875. The summed E-state index contributed by atoms with van der Waals surface area (Å²) in [5.41, 5.74) is 1.22. The predicted octanol–water partition coefficient (Wildman–Crippen LogP) is 2.39. The van der Waals surface area contributed by atoms with Crippen LogP contribution in [0.4, 0.5) is 11.4 Å². The zero-order valence-electron chi connectivity index (χ0n) is 11.2. The first-order chi connectivity index (χ1) is 9.10. The van der Waals surface area contributed by atoms with Gasteiger partial charge in [0, 0.05) is 18.5 Å². The topological polar surface area (TPSA) is 67.4 Å². The van der Waals surface area contributed by atoms with E-state index in [4.69, 9.17) is 4.74 Å². The lowest BCUT2D eigenvalue weighted by Gasteiger charge is -2.24. The van der Waals surface area contributed by atoms with Crippen LogP contribution < -0.4 is 15.4 Å². The monoisotopic (exact) mass is 262 g/mol. The Balaban J connectivity index is 2.15. The Bertz CT molecular complexity index is 495. The van der Waals surface area contributed by atoms with E-state index in [0.29, 0.717) is 17.1 Å². The highest BCUT2D eigenvalue weighted by molar-refractivity contribution is 5.96. The van der Waals surface area contributed by atoms with Gasteiger partial charge >= 0.3 is 0 Å². The van der Waals surface area contributed by atoms with Crippen LogP contribution >= 0.6 is 0 Å². The Morgan fingerprint density at radius 2 is 2.00 bits per heavy atom. The molecule has 2 N–H and O–H groups in total. The van der Waals surface area contributed by atoms with Crippen LogP contribution in [0.2, 0.25) is 0 Å². The van der Waals surface area contributed by atoms with E-state index in [9.17, 15) is 9.59 Å². The minimum atomic E-state index is -0.151. The van der Waals surface area contributed by atoms with Gasteiger partial charge in [0.1, 0.15) is 5.75 Å². The van der Waals surface area contributed by atoms with E-state index < -0.39 is 0 Å². The fourth-order valence-corrected chi connectivity index (χ4v) is 1.99. The molecule has 2 rings (SSSR count). The van der Waals surface area contributed by atoms with Crippen molar-refractivity contribution < 1.29 is 14.3 Å². The normalized spacial score (nSPS) is 14.4. The van der Waals surface area contributed by atoms with Gasteiger partial charge in [-0.2, -0.15) is 0 Å². The first-order valence-electron chi connectivity index (χ1n) is 6.36. The Morgan fingerprint density at radius 1 is 1.26 bits per heavy atom. The van der Waals surface area contributed by atoms with E-state index in [1.807, 2.05) is 0 Å². The van der Waals surface area contributed by atoms with E-state index in [1.165, 1.54) is 6.92 Å². The third kappa shape index (κ3) is 3.24. The minimum Gasteiger partial charge on any atom is -0.495 e. The molecule has 0 aromatic heterocycles. The average molecular weight is 262 g/mol. The summed E-state index contributed by atoms with van der Waals surface area (Å²) in [5, 5.41) is 5.54. The smallest absolute Gasteiger partial charge is 0.227 e. The van der Waals surface area contributed by atoms with E-state index in [1.54, 1.807) is 25.3 Å². The molecule has 1 fully saturated rings. The van der Waals surface area contributed by atoms with Gasteiger partial charge < -0.3 is 15.4 Å². The summed E-state index contributed by atoms with van der Waals surface area (Å²) in [7, 11) is 1.55. The SMILES string of the molecule is COc1ccc(NC(C)=O)cc1NC(=O)C1CCC1. The number of nitrogens with one attached hydrogen (secondary N) is 2. The highest BCUT2D eigenvalue weighted by atomic mass is 16.5. The lowest BCUT2D eigenvalue weighted by atomic mass is 9.85. The van der Waals surface area contributed by atoms with E-state index in [0.717, 1.165) is 19.3 Å². The largest absolute Gasteiger partial charge is 0.495 e. The Labute approximate surface area is 112 Å². The number of rotatable bonds is 4. The van der Waals surface area contributed by atoms with Gasteiger partial charge in [0.15, 0.2) is 0 Å². The summed E-state index contributed by atoms with van der Waals surface area (Å²) in [6, 6.07) is 5.16. The third-order valence-corrected chi connectivity index (χ3v) is 3.25. The van der Waals surface area contributed by atoms with Crippen LogP contribution in [0.25, 0.3) is 0 Å². The molecule has 1 saturated carbocycles. The maximum Gasteiger partial charge on any atom is 0.227 e. The predicted molar refractivity (Wildman–Crippen MR) is 73.3 cm³/mol. The van der Waals surface area contributed by atoms with Crippen LogP contribution in [0, 0.1) is 5.92 Å². The van der Waals surface area contributed by atoms with Crippen molar-refractivity contribution in [2.75, 3.05) is 17.7 Å². The van der Waals surface area contributed by atoms with Crippen molar-refractivity contribution in [1.29, 1.82) is 0 Å². The number of carbonyl (C=O) groups excluding carboxylic acids is 2. The molecule has 2 amide bonds. The summed E-state index contributed by atoms with van der Waals surface area (Å²) in [6.45, 7) is 1.44. The van der Waals surface area contributed by atoms with Crippen LogP contribution in [-0.4, -0.2) is 18.9 Å². The number of hydrogen-bond donors (Lipinski definition) is 2. The van der Waals surface area contributed by atoms with Gasteiger partial charge in [-0.15, -0.1) is 0 Å². The molecule has 0 bridgehead atoms. The maximum absolute atomic E-state index is 11.9. The number of methoxy groups -OCH3 is 1. The van der Waals surface area contributed by atoms with E-state index >= 15 is 0 Å². The minimum absolute atomic E-state index is 0.0181. The molecule has 1 aliphatic rings. The van der Waals surface area contributed by atoms with Crippen molar-refractivity contribution in [3.05, 3.63) is 18.2 Å². The van der Waals surface area contributed by atoms with Crippen molar-refractivity contribution in [1.82, 2.24) is 0 Å². The molecule has 0 saturated heterocycles. The summed E-state index contributed by atoms with van der Waals surface area (Å²) >= 11 is 0. The molecule has 1 aliphatic carbocycles. The molecule has 0 heterocycles. The molecule has 1 aromatic rings. The molecule has 5 nitrogen and oxygen atoms in total. The first-order valence-corrected chi connectivity index (χ1v) is 6.36. The highest BCUT2D eigenvalue weighted by Gasteiger charge is 2.25. The zero-order chi connectivity index (χ0) is 13.8. The summed E-state index contributed by atoms with van der Waals surface area (Å²) in [6.07, 6.45) is 3.00.